The standard InChI is InChI=1S/C18H19ClOS/c19-17-13-16(14-20)10-11-18(17)21-12-6-2-5-9-15-7-3-1-4-8-15/h1,3-4,7-8,10-11,13-14H,2,5-6,9,12H2. The summed E-state index contributed by atoms with van der Waals surface area (Å²) in [6, 6.07) is 16.1. The van der Waals surface area contributed by atoms with Crippen molar-refractivity contribution in [2.45, 2.75) is 30.6 Å². The van der Waals surface area contributed by atoms with Crippen LogP contribution >= 0.6 is 23.4 Å². The zero-order chi connectivity index (χ0) is 14.9. The normalized spacial score (nSPS) is 10.5. The number of rotatable bonds is 8. The fourth-order valence-electron chi connectivity index (χ4n) is 2.14. The van der Waals surface area contributed by atoms with Crippen molar-refractivity contribution in [2.75, 3.05) is 5.75 Å². The minimum absolute atomic E-state index is 0.632. The van der Waals surface area contributed by atoms with Crippen molar-refractivity contribution in [3.05, 3.63) is 64.7 Å². The van der Waals surface area contributed by atoms with Gasteiger partial charge in [-0.2, -0.15) is 0 Å². The molecule has 0 bridgehead atoms. The number of hydrogen-bond acceptors (Lipinski definition) is 2. The van der Waals surface area contributed by atoms with Crippen LogP contribution in [0.5, 0.6) is 0 Å². The predicted octanol–water partition coefficient (Wildman–Crippen LogP) is 5.66. The Balaban J connectivity index is 1.65. The third-order valence-corrected chi connectivity index (χ3v) is 4.89. The van der Waals surface area contributed by atoms with Crippen LogP contribution < -0.4 is 0 Å². The summed E-state index contributed by atoms with van der Waals surface area (Å²) in [4.78, 5) is 11.7. The smallest absolute Gasteiger partial charge is 0.150 e. The molecule has 1 nitrogen and oxygen atoms in total. The molecule has 0 N–H and O–H groups in total. The highest BCUT2D eigenvalue weighted by atomic mass is 35.5. The summed E-state index contributed by atoms with van der Waals surface area (Å²) in [6.07, 6.45) is 5.61. The molecule has 0 saturated heterocycles. The lowest BCUT2D eigenvalue weighted by Gasteiger charge is -2.05. The molecular weight excluding hydrogens is 300 g/mol. The highest BCUT2D eigenvalue weighted by Crippen LogP contribution is 2.28. The third-order valence-electron chi connectivity index (χ3n) is 3.30. The van der Waals surface area contributed by atoms with Crippen molar-refractivity contribution in [3.63, 3.8) is 0 Å². The van der Waals surface area contributed by atoms with Gasteiger partial charge in [0.2, 0.25) is 0 Å². The van der Waals surface area contributed by atoms with E-state index in [1.807, 2.05) is 12.1 Å². The van der Waals surface area contributed by atoms with E-state index in [4.69, 9.17) is 11.6 Å². The second-order valence-corrected chi connectivity index (χ2v) is 6.50. The monoisotopic (exact) mass is 318 g/mol. The van der Waals surface area contributed by atoms with Crippen LogP contribution in [-0.2, 0) is 6.42 Å². The van der Waals surface area contributed by atoms with E-state index in [9.17, 15) is 4.79 Å². The van der Waals surface area contributed by atoms with Gasteiger partial charge in [0.15, 0.2) is 0 Å². The molecule has 0 amide bonds. The van der Waals surface area contributed by atoms with E-state index in [2.05, 4.69) is 30.3 Å². The molecule has 0 atom stereocenters. The van der Waals surface area contributed by atoms with Gasteiger partial charge in [-0.3, -0.25) is 4.79 Å². The molecule has 21 heavy (non-hydrogen) atoms. The van der Waals surface area contributed by atoms with Crippen LogP contribution in [0.4, 0.5) is 0 Å². The maximum atomic E-state index is 10.7. The number of unbranched alkanes of at least 4 members (excludes halogenated alkanes) is 2. The summed E-state index contributed by atoms with van der Waals surface area (Å²) >= 11 is 7.91. The summed E-state index contributed by atoms with van der Waals surface area (Å²) < 4.78 is 0. The molecule has 0 unspecified atom stereocenters. The lowest BCUT2D eigenvalue weighted by Crippen LogP contribution is -1.87. The average molecular weight is 319 g/mol. The summed E-state index contributed by atoms with van der Waals surface area (Å²) in [5.74, 6) is 1.06. The first-order valence-corrected chi connectivity index (χ1v) is 8.57. The van der Waals surface area contributed by atoms with Crippen LogP contribution in [0.2, 0.25) is 5.02 Å². The fourth-order valence-corrected chi connectivity index (χ4v) is 3.42. The molecule has 110 valence electrons. The van der Waals surface area contributed by atoms with E-state index < -0.39 is 0 Å². The van der Waals surface area contributed by atoms with E-state index in [0.29, 0.717) is 10.6 Å². The van der Waals surface area contributed by atoms with Gasteiger partial charge in [-0.25, -0.2) is 0 Å². The number of carbonyl (C=O) groups is 1. The number of halogens is 1. The number of carbonyl (C=O) groups excluding carboxylic acids is 1. The quantitative estimate of drug-likeness (QED) is 0.355. The van der Waals surface area contributed by atoms with Gasteiger partial charge in [0.1, 0.15) is 6.29 Å². The van der Waals surface area contributed by atoms with Gasteiger partial charge >= 0.3 is 0 Å². The lowest BCUT2D eigenvalue weighted by molar-refractivity contribution is 0.112. The average Bonchev–Trinajstić information content (AvgIpc) is 2.53. The Morgan fingerprint density at radius 2 is 1.81 bits per heavy atom. The molecule has 2 rings (SSSR count). The molecule has 0 heterocycles. The Morgan fingerprint density at radius 1 is 1.00 bits per heavy atom. The van der Waals surface area contributed by atoms with Crippen LogP contribution in [0.15, 0.2) is 53.4 Å². The van der Waals surface area contributed by atoms with E-state index >= 15 is 0 Å². The maximum Gasteiger partial charge on any atom is 0.150 e. The molecule has 0 saturated carbocycles. The van der Waals surface area contributed by atoms with Crippen molar-refractivity contribution in [3.8, 4) is 0 Å². The van der Waals surface area contributed by atoms with Gasteiger partial charge in [0.05, 0.1) is 5.02 Å². The lowest BCUT2D eigenvalue weighted by atomic mass is 10.1. The molecule has 0 aromatic heterocycles. The molecule has 0 fully saturated rings. The molecule has 2 aromatic rings. The molecule has 0 radical (unpaired) electrons. The summed E-state index contributed by atoms with van der Waals surface area (Å²) in [7, 11) is 0. The zero-order valence-electron chi connectivity index (χ0n) is 11.9. The Morgan fingerprint density at radius 3 is 2.52 bits per heavy atom. The number of benzene rings is 2. The van der Waals surface area contributed by atoms with Crippen LogP contribution in [0.1, 0.15) is 35.2 Å². The second-order valence-electron chi connectivity index (χ2n) is 4.95. The zero-order valence-corrected chi connectivity index (χ0v) is 13.5. The van der Waals surface area contributed by atoms with Crippen molar-refractivity contribution < 1.29 is 4.79 Å². The van der Waals surface area contributed by atoms with Crippen LogP contribution in [-0.4, -0.2) is 12.0 Å². The molecule has 0 aliphatic carbocycles. The Kier molecular flexibility index (Phi) is 6.84. The molecular formula is C18H19ClOS. The predicted molar refractivity (Wildman–Crippen MR) is 91.6 cm³/mol. The maximum absolute atomic E-state index is 10.7. The van der Waals surface area contributed by atoms with Gasteiger partial charge in [0.25, 0.3) is 0 Å². The summed E-state index contributed by atoms with van der Waals surface area (Å²) in [5.41, 5.74) is 2.05. The van der Waals surface area contributed by atoms with Gasteiger partial charge in [-0.15, -0.1) is 11.8 Å². The molecule has 0 aliphatic heterocycles. The van der Waals surface area contributed by atoms with Crippen molar-refractivity contribution in [1.82, 2.24) is 0 Å². The largest absolute Gasteiger partial charge is 0.298 e. The molecule has 2 aromatic carbocycles. The SMILES string of the molecule is O=Cc1ccc(SCCCCCc2ccccc2)c(Cl)c1. The van der Waals surface area contributed by atoms with Gasteiger partial charge in [0, 0.05) is 10.5 Å². The van der Waals surface area contributed by atoms with Crippen LogP contribution in [0, 0.1) is 0 Å². The van der Waals surface area contributed by atoms with Crippen LogP contribution in [0.3, 0.4) is 0 Å². The van der Waals surface area contributed by atoms with Gasteiger partial charge < -0.3 is 0 Å². The first-order valence-electron chi connectivity index (χ1n) is 7.21. The van der Waals surface area contributed by atoms with Crippen molar-refractivity contribution >= 4 is 29.6 Å². The number of thioether (sulfide) groups is 1. The number of hydrogen-bond donors (Lipinski definition) is 0. The van der Waals surface area contributed by atoms with E-state index in [1.165, 1.54) is 24.8 Å². The Hall–Kier alpha value is -1.25. The van der Waals surface area contributed by atoms with E-state index in [-0.39, 0.29) is 0 Å². The molecule has 0 aliphatic rings. The van der Waals surface area contributed by atoms with Crippen LogP contribution in [0.25, 0.3) is 0 Å². The number of aryl methyl sites for hydroxylation is 1. The highest BCUT2D eigenvalue weighted by molar-refractivity contribution is 7.99. The number of aldehydes is 1. The van der Waals surface area contributed by atoms with E-state index in [1.54, 1.807) is 17.8 Å². The summed E-state index contributed by atoms with van der Waals surface area (Å²) in [6.45, 7) is 0. The van der Waals surface area contributed by atoms with E-state index in [0.717, 1.165) is 23.4 Å². The highest BCUT2D eigenvalue weighted by Gasteiger charge is 2.02. The minimum Gasteiger partial charge on any atom is -0.298 e. The Labute approximate surface area is 135 Å². The fraction of sp³-hybridized carbons (Fsp3) is 0.278. The molecule has 0 spiro atoms. The Bertz CT molecular complexity index is 569. The van der Waals surface area contributed by atoms with Crippen molar-refractivity contribution in [1.29, 1.82) is 0 Å². The first-order chi connectivity index (χ1) is 10.3. The van der Waals surface area contributed by atoms with Gasteiger partial charge in [-0.05, 0) is 42.7 Å². The molecule has 3 heteroatoms. The van der Waals surface area contributed by atoms with Crippen molar-refractivity contribution in [2.24, 2.45) is 0 Å². The van der Waals surface area contributed by atoms with Gasteiger partial charge in [-0.1, -0.05) is 54.4 Å². The summed E-state index contributed by atoms with van der Waals surface area (Å²) in [5, 5.41) is 0.675. The topological polar surface area (TPSA) is 17.1 Å². The second kappa shape index (κ2) is 8.91. The third kappa shape index (κ3) is 5.56. The first kappa shape index (κ1) is 16.1. The minimum atomic E-state index is 0.632.